The van der Waals surface area contributed by atoms with Crippen LogP contribution in [0, 0.1) is 0 Å². The molecule has 7 heteroatoms. The van der Waals surface area contributed by atoms with Crippen LogP contribution in [0.5, 0.6) is 11.5 Å². The van der Waals surface area contributed by atoms with Gasteiger partial charge in [-0.25, -0.2) is 4.79 Å². The Morgan fingerprint density at radius 2 is 1.82 bits per heavy atom. The van der Waals surface area contributed by atoms with Gasteiger partial charge in [0.1, 0.15) is 5.60 Å². The lowest BCUT2D eigenvalue weighted by molar-refractivity contribution is -0.127. The largest absolute Gasteiger partial charge is 0.493 e. The highest BCUT2D eigenvalue weighted by atomic mass is 16.6. The van der Waals surface area contributed by atoms with Crippen LogP contribution in [-0.2, 0) is 16.0 Å². The zero-order valence-electron chi connectivity index (χ0n) is 17.6. The molecule has 154 valence electrons. The molecule has 28 heavy (non-hydrogen) atoms. The third kappa shape index (κ3) is 5.65. The number of hydrogen-bond donors (Lipinski definition) is 0. The number of benzene rings is 1. The normalized spacial score (nSPS) is 13.6. The summed E-state index contributed by atoms with van der Waals surface area (Å²) in [6.07, 6.45) is 4.25. The SMILES string of the molecule is COc1cc2c(cc1OC)CC(=O)N(CCCN(C)C(=O)OC(C)(C)C)C=C2. The highest BCUT2D eigenvalue weighted by Crippen LogP contribution is 2.32. The van der Waals surface area contributed by atoms with Crippen molar-refractivity contribution in [2.24, 2.45) is 0 Å². The molecule has 1 aliphatic rings. The van der Waals surface area contributed by atoms with Gasteiger partial charge in [0.15, 0.2) is 11.5 Å². The van der Waals surface area contributed by atoms with Gasteiger partial charge in [0, 0.05) is 26.3 Å². The first-order valence-electron chi connectivity index (χ1n) is 9.31. The highest BCUT2D eigenvalue weighted by molar-refractivity contribution is 5.84. The van der Waals surface area contributed by atoms with E-state index in [1.54, 1.807) is 32.4 Å². The lowest BCUT2D eigenvalue weighted by Crippen LogP contribution is -2.36. The number of ether oxygens (including phenoxy) is 3. The molecule has 2 amide bonds. The lowest BCUT2D eigenvalue weighted by atomic mass is 10.0. The summed E-state index contributed by atoms with van der Waals surface area (Å²) in [6.45, 7) is 6.52. The minimum absolute atomic E-state index is 0.00198. The van der Waals surface area contributed by atoms with Crippen molar-refractivity contribution in [2.45, 2.75) is 39.2 Å². The molecule has 0 bridgehead atoms. The number of fused-ring (bicyclic) bond motifs is 1. The molecule has 1 aliphatic heterocycles. The number of carbonyl (C=O) groups excluding carboxylic acids is 2. The quantitative estimate of drug-likeness (QED) is 0.745. The van der Waals surface area contributed by atoms with E-state index in [2.05, 4.69) is 0 Å². The Kier molecular flexibility index (Phi) is 6.94. The van der Waals surface area contributed by atoms with Crippen molar-refractivity contribution in [2.75, 3.05) is 34.4 Å². The Balaban J connectivity index is 1.97. The molecule has 1 aromatic carbocycles. The molecule has 7 nitrogen and oxygen atoms in total. The molecule has 0 atom stereocenters. The van der Waals surface area contributed by atoms with Crippen LogP contribution in [0.3, 0.4) is 0 Å². The van der Waals surface area contributed by atoms with Crippen LogP contribution in [0.25, 0.3) is 6.08 Å². The van der Waals surface area contributed by atoms with Gasteiger partial charge in [-0.15, -0.1) is 0 Å². The average molecular weight is 390 g/mol. The smallest absolute Gasteiger partial charge is 0.410 e. The first-order chi connectivity index (χ1) is 13.1. The maximum absolute atomic E-state index is 12.6. The Bertz CT molecular complexity index is 752. The summed E-state index contributed by atoms with van der Waals surface area (Å²) in [6, 6.07) is 3.72. The molecule has 2 rings (SSSR count). The fraction of sp³-hybridized carbons (Fsp3) is 0.524. The second-order valence-electron chi connectivity index (χ2n) is 7.74. The molecule has 1 aromatic rings. The number of carbonyl (C=O) groups is 2. The summed E-state index contributed by atoms with van der Waals surface area (Å²) in [5.74, 6) is 1.24. The van der Waals surface area contributed by atoms with Gasteiger partial charge in [-0.05, 0) is 56.5 Å². The summed E-state index contributed by atoms with van der Waals surface area (Å²) in [7, 11) is 4.86. The highest BCUT2D eigenvalue weighted by Gasteiger charge is 2.21. The van der Waals surface area contributed by atoms with Gasteiger partial charge in [0.05, 0.1) is 20.6 Å². The maximum Gasteiger partial charge on any atom is 0.410 e. The topological polar surface area (TPSA) is 68.3 Å². The first kappa shape index (κ1) is 21.6. The average Bonchev–Trinajstić information content (AvgIpc) is 2.77. The fourth-order valence-electron chi connectivity index (χ4n) is 2.87. The molecular formula is C21H30N2O5. The van der Waals surface area contributed by atoms with Crippen LogP contribution in [0.15, 0.2) is 18.3 Å². The van der Waals surface area contributed by atoms with Crippen molar-refractivity contribution in [1.29, 1.82) is 0 Å². The number of hydrogen-bond acceptors (Lipinski definition) is 5. The van der Waals surface area contributed by atoms with Crippen LogP contribution in [-0.4, -0.2) is 61.8 Å². The van der Waals surface area contributed by atoms with Gasteiger partial charge in [-0.2, -0.15) is 0 Å². The van der Waals surface area contributed by atoms with Gasteiger partial charge in [-0.1, -0.05) is 0 Å². The van der Waals surface area contributed by atoms with Gasteiger partial charge >= 0.3 is 6.09 Å². The van der Waals surface area contributed by atoms with Crippen molar-refractivity contribution in [1.82, 2.24) is 9.80 Å². The predicted octanol–water partition coefficient (Wildman–Crippen LogP) is 3.32. The number of rotatable bonds is 6. The minimum atomic E-state index is -0.525. The van der Waals surface area contributed by atoms with Crippen LogP contribution in [0.4, 0.5) is 4.79 Å². The molecule has 0 spiro atoms. The van der Waals surface area contributed by atoms with E-state index in [-0.39, 0.29) is 18.4 Å². The molecule has 1 heterocycles. The molecule has 0 saturated carbocycles. The van der Waals surface area contributed by atoms with Crippen LogP contribution in [0.1, 0.15) is 38.3 Å². The van der Waals surface area contributed by atoms with E-state index < -0.39 is 5.60 Å². The summed E-state index contributed by atoms with van der Waals surface area (Å²) in [5, 5.41) is 0. The van der Waals surface area contributed by atoms with E-state index in [4.69, 9.17) is 14.2 Å². The summed E-state index contributed by atoms with van der Waals surface area (Å²) in [5.41, 5.74) is 1.30. The number of nitrogens with zero attached hydrogens (tertiary/aromatic N) is 2. The molecule has 0 radical (unpaired) electrons. The van der Waals surface area contributed by atoms with Crippen LogP contribution < -0.4 is 9.47 Å². The monoisotopic (exact) mass is 390 g/mol. The van der Waals surface area contributed by atoms with Gasteiger partial charge in [-0.3, -0.25) is 4.79 Å². The standard InChI is InChI=1S/C21H30N2O5/c1-21(2,3)28-20(25)22(4)9-7-10-23-11-8-15-12-17(26-5)18(27-6)13-16(15)14-19(23)24/h8,11-13H,7,9-10,14H2,1-6H3. The number of amides is 2. The van der Waals surface area contributed by atoms with Crippen molar-refractivity contribution < 1.29 is 23.8 Å². The van der Waals surface area contributed by atoms with E-state index in [1.165, 1.54) is 4.90 Å². The van der Waals surface area contributed by atoms with Gasteiger partial charge in [0.2, 0.25) is 5.91 Å². The van der Waals surface area contributed by atoms with Crippen LogP contribution >= 0.6 is 0 Å². The van der Waals surface area contributed by atoms with Crippen molar-refractivity contribution in [3.8, 4) is 11.5 Å². The van der Waals surface area contributed by atoms with Crippen molar-refractivity contribution >= 4 is 18.1 Å². The third-order valence-corrected chi connectivity index (χ3v) is 4.34. The van der Waals surface area contributed by atoms with E-state index in [0.717, 1.165) is 11.1 Å². The maximum atomic E-state index is 12.6. The summed E-state index contributed by atoms with van der Waals surface area (Å²) in [4.78, 5) is 27.9. The zero-order valence-corrected chi connectivity index (χ0v) is 17.6. The Labute approximate surface area is 166 Å². The fourth-order valence-corrected chi connectivity index (χ4v) is 2.87. The van der Waals surface area contributed by atoms with Gasteiger partial charge in [0.25, 0.3) is 0 Å². The van der Waals surface area contributed by atoms with Crippen molar-refractivity contribution in [3.05, 3.63) is 29.5 Å². The van der Waals surface area contributed by atoms with Crippen molar-refractivity contribution in [3.63, 3.8) is 0 Å². The van der Waals surface area contributed by atoms with E-state index >= 15 is 0 Å². The Morgan fingerprint density at radius 3 is 2.43 bits per heavy atom. The molecule has 0 fully saturated rings. The predicted molar refractivity (Wildman–Crippen MR) is 107 cm³/mol. The van der Waals surface area contributed by atoms with E-state index in [1.807, 2.05) is 39.0 Å². The zero-order chi connectivity index (χ0) is 20.9. The first-order valence-corrected chi connectivity index (χ1v) is 9.31. The molecule has 0 aromatic heterocycles. The molecule has 0 unspecified atom stereocenters. The summed E-state index contributed by atoms with van der Waals surface area (Å²) < 4.78 is 16.0. The molecule has 0 aliphatic carbocycles. The Morgan fingerprint density at radius 1 is 1.18 bits per heavy atom. The molecular weight excluding hydrogens is 360 g/mol. The minimum Gasteiger partial charge on any atom is -0.493 e. The van der Waals surface area contributed by atoms with Crippen LogP contribution in [0.2, 0.25) is 0 Å². The van der Waals surface area contributed by atoms with E-state index in [0.29, 0.717) is 31.0 Å². The second kappa shape index (κ2) is 8.99. The van der Waals surface area contributed by atoms with E-state index in [9.17, 15) is 9.59 Å². The Hall–Kier alpha value is -2.70. The summed E-state index contributed by atoms with van der Waals surface area (Å²) >= 11 is 0. The number of methoxy groups -OCH3 is 2. The molecule has 0 N–H and O–H groups in total. The van der Waals surface area contributed by atoms with Gasteiger partial charge < -0.3 is 24.0 Å². The third-order valence-electron chi connectivity index (χ3n) is 4.34. The second-order valence-corrected chi connectivity index (χ2v) is 7.74. The molecule has 0 saturated heterocycles. The lowest BCUT2D eigenvalue weighted by Gasteiger charge is -2.25.